The Balaban J connectivity index is 1.63. The van der Waals surface area contributed by atoms with Crippen molar-refractivity contribution in [3.8, 4) is 0 Å². The van der Waals surface area contributed by atoms with Gasteiger partial charge >= 0.3 is 0 Å². The lowest BCUT2D eigenvalue weighted by atomic mass is 9.86. The van der Waals surface area contributed by atoms with Gasteiger partial charge in [-0.3, -0.25) is 4.98 Å². The summed E-state index contributed by atoms with van der Waals surface area (Å²) in [5, 5.41) is 5.09. The van der Waals surface area contributed by atoms with Crippen LogP contribution in [0.5, 0.6) is 0 Å². The van der Waals surface area contributed by atoms with E-state index in [0.717, 1.165) is 17.5 Å². The van der Waals surface area contributed by atoms with E-state index in [1.165, 1.54) is 49.6 Å². The van der Waals surface area contributed by atoms with Crippen molar-refractivity contribution in [1.29, 1.82) is 0 Å². The standard InChI is InChI=1S/C18H22N2/c1-4-13(12-20-14-9-10-14)15(5-1)16-6-2-8-18-17(16)7-3-11-19-18/h2-3,6-8,11,13-15,20H,1,4-5,9-10,12H2. The molecule has 2 aliphatic rings. The molecule has 0 amide bonds. The van der Waals surface area contributed by atoms with Crippen LogP contribution >= 0.6 is 0 Å². The number of aromatic nitrogens is 1. The zero-order valence-electron chi connectivity index (χ0n) is 11.9. The van der Waals surface area contributed by atoms with Crippen molar-refractivity contribution in [3.05, 3.63) is 42.1 Å². The molecule has 4 rings (SSSR count). The molecule has 0 radical (unpaired) electrons. The normalized spacial score (nSPS) is 26.2. The van der Waals surface area contributed by atoms with Crippen LogP contribution in [0.25, 0.3) is 10.9 Å². The predicted octanol–water partition coefficient (Wildman–Crippen LogP) is 3.87. The van der Waals surface area contributed by atoms with Crippen molar-refractivity contribution < 1.29 is 0 Å². The van der Waals surface area contributed by atoms with Gasteiger partial charge in [-0.15, -0.1) is 0 Å². The predicted molar refractivity (Wildman–Crippen MR) is 82.8 cm³/mol. The first-order valence-corrected chi connectivity index (χ1v) is 7.99. The molecule has 2 aromatic rings. The first-order chi connectivity index (χ1) is 9.92. The van der Waals surface area contributed by atoms with Crippen LogP contribution < -0.4 is 5.32 Å². The van der Waals surface area contributed by atoms with E-state index in [1.807, 2.05) is 6.20 Å². The fourth-order valence-electron chi connectivity index (χ4n) is 3.75. The van der Waals surface area contributed by atoms with E-state index in [0.29, 0.717) is 5.92 Å². The largest absolute Gasteiger partial charge is 0.314 e. The van der Waals surface area contributed by atoms with E-state index in [-0.39, 0.29) is 0 Å². The zero-order chi connectivity index (χ0) is 13.4. The third-order valence-electron chi connectivity index (χ3n) is 4.98. The summed E-state index contributed by atoms with van der Waals surface area (Å²) in [5.41, 5.74) is 2.67. The van der Waals surface area contributed by atoms with E-state index in [2.05, 4.69) is 40.6 Å². The minimum absolute atomic E-state index is 0.717. The highest BCUT2D eigenvalue weighted by atomic mass is 14.9. The van der Waals surface area contributed by atoms with E-state index in [4.69, 9.17) is 0 Å². The van der Waals surface area contributed by atoms with Crippen LogP contribution in [0.2, 0.25) is 0 Å². The summed E-state index contributed by atoms with van der Waals surface area (Å²) in [4.78, 5) is 4.51. The van der Waals surface area contributed by atoms with Gasteiger partial charge in [0, 0.05) is 17.6 Å². The highest BCUT2D eigenvalue weighted by Gasteiger charge is 2.31. The van der Waals surface area contributed by atoms with Crippen LogP contribution in [0, 0.1) is 5.92 Å². The zero-order valence-corrected chi connectivity index (χ0v) is 11.9. The molecule has 1 heterocycles. The first kappa shape index (κ1) is 12.3. The SMILES string of the molecule is c1cc(C2CCCC2CNC2CC2)c2cccnc2c1. The van der Waals surface area contributed by atoms with E-state index in [1.54, 1.807) is 0 Å². The molecule has 2 heteroatoms. The number of hydrogen-bond donors (Lipinski definition) is 1. The second kappa shape index (κ2) is 5.17. The quantitative estimate of drug-likeness (QED) is 0.908. The highest BCUT2D eigenvalue weighted by molar-refractivity contribution is 5.82. The molecule has 2 unspecified atom stereocenters. The van der Waals surface area contributed by atoms with Crippen LogP contribution in [0.3, 0.4) is 0 Å². The number of hydrogen-bond acceptors (Lipinski definition) is 2. The van der Waals surface area contributed by atoms with Crippen LogP contribution in [0.1, 0.15) is 43.6 Å². The Morgan fingerprint density at radius 1 is 1.05 bits per heavy atom. The molecular formula is C18H22N2. The van der Waals surface area contributed by atoms with Crippen molar-refractivity contribution in [2.45, 2.75) is 44.1 Å². The maximum Gasteiger partial charge on any atom is 0.0704 e. The third kappa shape index (κ3) is 2.33. The summed E-state index contributed by atoms with van der Waals surface area (Å²) < 4.78 is 0. The Morgan fingerprint density at radius 2 is 2.00 bits per heavy atom. The van der Waals surface area contributed by atoms with Crippen molar-refractivity contribution >= 4 is 10.9 Å². The second-order valence-electron chi connectivity index (χ2n) is 6.40. The summed E-state index contributed by atoms with van der Waals surface area (Å²) >= 11 is 0. The number of nitrogens with zero attached hydrogens (tertiary/aromatic N) is 1. The molecular weight excluding hydrogens is 244 g/mol. The summed E-state index contributed by atoms with van der Waals surface area (Å²) in [6.45, 7) is 1.20. The van der Waals surface area contributed by atoms with Crippen LogP contribution in [-0.2, 0) is 0 Å². The fourth-order valence-corrected chi connectivity index (χ4v) is 3.75. The molecule has 20 heavy (non-hydrogen) atoms. The molecule has 104 valence electrons. The molecule has 1 aromatic carbocycles. The summed E-state index contributed by atoms with van der Waals surface area (Å²) in [6.07, 6.45) is 8.75. The van der Waals surface area contributed by atoms with Crippen LogP contribution in [0.4, 0.5) is 0 Å². The molecule has 2 fully saturated rings. The van der Waals surface area contributed by atoms with E-state index < -0.39 is 0 Å². The fraction of sp³-hybridized carbons (Fsp3) is 0.500. The topological polar surface area (TPSA) is 24.9 Å². The average Bonchev–Trinajstić information content (AvgIpc) is 3.21. The number of benzene rings is 1. The number of pyridine rings is 1. The average molecular weight is 266 g/mol. The van der Waals surface area contributed by atoms with E-state index >= 15 is 0 Å². The summed E-state index contributed by atoms with van der Waals surface area (Å²) in [7, 11) is 0. The number of rotatable bonds is 4. The molecule has 1 aromatic heterocycles. The summed E-state index contributed by atoms with van der Waals surface area (Å²) in [5.74, 6) is 1.52. The molecule has 1 N–H and O–H groups in total. The van der Waals surface area contributed by atoms with Crippen molar-refractivity contribution in [1.82, 2.24) is 10.3 Å². The van der Waals surface area contributed by atoms with Gasteiger partial charge < -0.3 is 5.32 Å². The molecule has 0 aliphatic heterocycles. The van der Waals surface area contributed by atoms with Gasteiger partial charge in [-0.1, -0.05) is 24.6 Å². The van der Waals surface area contributed by atoms with Gasteiger partial charge in [-0.05, 0) is 61.8 Å². The summed E-state index contributed by atoms with van der Waals surface area (Å²) in [6, 6.07) is 11.8. The molecule has 2 nitrogen and oxygen atoms in total. The Kier molecular flexibility index (Phi) is 3.19. The molecule has 2 atom stereocenters. The van der Waals surface area contributed by atoms with Crippen molar-refractivity contribution in [2.24, 2.45) is 5.92 Å². The van der Waals surface area contributed by atoms with Gasteiger partial charge in [-0.2, -0.15) is 0 Å². The molecule has 2 saturated carbocycles. The Labute approximate surface area is 120 Å². The van der Waals surface area contributed by atoms with Gasteiger partial charge in [0.15, 0.2) is 0 Å². The van der Waals surface area contributed by atoms with Gasteiger partial charge in [0.05, 0.1) is 5.52 Å². The lowest BCUT2D eigenvalue weighted by molar-refractivity contribution is 0.444. The highest BCUT2D eigenvalue weighted by Crippen LogP contribution is 2.41. The molecule has 0 bridgehead atoms. The molecule has 2 aliphatic carbocycles. The van der Waals surface area contributed by atoms with Crippen molar-refractivity contribution in [3.63, 3.8) is 0 Å². The number of nitrogens with one attached hydrogen (secondary N) is 1. The van der Waals surface area contributed by atoms with Gasteiger partial charge in [0.2, 0.25) is 0 Å². The van der Waals surface area contributed by atoms with Gasteiger partial charge in [0.25, 0.3) is 0 Å². The Bertz CT molecular complexity index is 598. The Hall–Kier alpha value is -1.41. The first-order valence-electron chi connectivity index (χ1n) is 7.99. The lowest BCUT2D eigenvalue weighted by Crippen LogP contribution is -2.26. The Morgan fingerprint density at radius 3 is 2.90 bits per heavy atom. The monoisotopic (exact) mass is 266 g/mol. The van der Waals surface area contributed by atoms with Crippen LogP contribution in [0.15, 0.2) is 36.5 Å². The van der Waals surface area contributed by atoms with Gasteiger partial charge in [0.1, 0.15) is 0 Å². The van der Waals surface area contributed by atoms with E-state index in [9.17, 15) is 0 Å². The molecule has 0 spiro atoms. The van der Waals surface area contributed by atoms with Crippen molar-refractivity contribution in [2.75, 3.05) is 6.54 Å². The van der Waals surface area contributed by atoms with Crippen LogP contribution in [-0.4, -0.2) is 17.6 Å². The lowest BCUT2D eigenvalue weighted by Gasteiger charge is -2.22. The minimum Gasteiger partial charge on any atom is -0.314 e. The van der Waals surface area contributed by atoms with Gasteiger partial charge in [-0.25, -0.2) is 0 Å². The second-order valence-corrected chi connectivity index (χ2v) is 6.40. The maximum absolute atomic E-state index is 4.51. The third-order valence-corrected chi connectivity index (χ3v) is 4.98. The maximum atomic E-state index is 4.51. The minimum atomic E-state index is 0.717. The smallest absolute Gasteiger partial charge is 0.0704 e. The number of fused-ring (bicyclic) bond motifs is 1. The molecule has 0 saturated heterocycles.